The summed E-state index contributed by atoms with van der Waals surface area (Å²) in [5.41, 5.74) is 3.33. The fraction of sp³-hybridized carbons (Fsp3) is 0.393. The fourth-order valence-electron chi connectivity index (χ4n) is 3.66. The van der Waals surface area contributed by atoms with Crippen molar-refractivity contribution >= 4 is 35.2 Å². The van der Waals surface area contributed by atoms with Crippen LogP contribution in [0.4, 0.5) is 16.3 Å². The number of hydrogen-bond acceptors (Lipinski definition) is 4. The van der Waals surface area contributed by atoms with Crippen molar-refractivity contribution in [3.63, 3.8) is 0 Å². The molecule has 2 aromatic carbocycles. The highest BCUT2D eigenvalue weighted by Gasteiger charge is 2.23. The van der Waals surface area contributed by atoms with E-state index >= 15 is 0 Å². The third-order valence-electron chi connectivity index (χ3n) is 5.83. The number of carbonyl (C=O) groups is 2. The van der Waals surface area contributed by atoms with Crippen molar-refractivity contribution in [2.24, 2.45) is 0 Å². The summed E-state index contributed by atoms with van der Waals surface area (Å²) < 4.78 is 1.78. The first kappa shape index (κ1) is 27.3. The molecule has 0 aliphatic rings. The molecule has 3 rings (SSSR count). The Bertz CT molecular complexity index is 1180. The zero-order chi connectivity index (χ0) is 26.3. The lowest BCUT2D eigenvalue weighted by molar-refractivity contribution is -0.116. The molecule has 0 aliphatic heterocycles. The quantitative estimate of drug-likeness (QED) is 0.325. The van der Waals surface area contributed by atoms with Crippen molar-refractivity contribution in [2.75, 3.05) is 30.0 Å². The Morgan fingerprint density at radius 2 is 1.75 bits per heavy atom. The summed E-state index contributed by atoms with van der Waals surface area (Å²) in [6.45, 7) is 10.8. The molecule has 0 radical (unpaired) electrons. The van der Waals surface area contributed by atoms with E-state index in [2.05, 4.69) is 38.3 Å². The van der Waals surface area contributed by atoms with E-state index < -0.39 is 0 Å². The maximum atomic E-state index is 13.2. The van der Waals surface area contributed by atoms with Gasteiger partial charge in [-0.05, 0) is 55.5 Å². The van der Waals surface area contributed by atoms with Crippen LogP contribution in [0.15, 0.2) is 59.5 Å². The van der Waals surface area contributed by atoms with E-state index in [9.17, 15) is 9.59 Å². The van der Waals surface area contributed by atoms with E-state index in [1.807, 2.05) is 67.8 Å². The highest BCUT2D eigenvalue weighted by Crippen LogP contribution is 2.27. The monoisotopic (exact) mass is 507 g/mol. The van der Waals surface area contributed by atoms with Gasteiger partial charge in [-0.3, -0.25) is 4.79 Å². The minimum atomic E-state index is -0.293. The number of hydrogen-bond donors (Lipinski definition) is 2. The van der Waals surface area contributed by atoms with Crippen LogP contribution in [0.25, 0.3) is 5.69 Å². The van der Waals surface area contributed by atoms with Gasteiger partial charge in [0.05, 0.1) is 11.4 Å². The molecule has 3 aromatic rings. The van der Waals surface area contributed by atoms with Gasteiger partial charge < -0.3 is 15.5 Å². The lowest BCUT2D eigenvalue weighted by atomic mass is 9.92. The van der Waals surface area contributed by atoms with E-state index in [1.54, 1.807) is 21.3 Å². The summed E-state index contributed by atoms with van der Waals surface area (Å²) in [6, 6.07) is 17.2. The van der Waals surface area contributed by atoms with Crippen molar-refractivity contribution in [1.82, 2.24) is 14.7 Å². The predicted octanol–water partition coefficient (Wildman–Crippen LogP) is 6.47. The summed E-state index contributed by atoms with van der Waals surface area (Å²) in [6.07, 6.45) is 3.73. The van der Waals surface area contributed by atoms with Crippen molar-refractivity contribution in [3.8, 4) is 5.69 Å². The summed E-state index contributed by atoms with van der Waals surface area (Å²) in [7, 11) is 0. The standard InChI is InChI=1S/C28H37N5O2S/c1-7-8-17-32(27(35)29-21-13-15-22(36-6)16-14-21)19-26(34)30-25-18-24(28(3,4)5)31-33(25)23-12-10-9-11-20(23)2/h9-16,18H,7-8,17,19H2,1-6H3,(H,29,35)(H,30,34). The summed E-state index contributed by atoms with van der Waals surface area (Å²) in [5, 5.41) is 10.7. The average Bonchev–Trinajstić information content (AvgIpc) is 3.26. The van der Waals surface area contributed by atoms with Crippen molar-refractivity contribution in [1.29, 1.82) is 0 Å². The van der Waals surface area contributed by atoms with E-state index in [0.717, 1.165) is 34.7 Å². The molecule has 1 heterocycles. The van der Waals surface area contributed by atoms with Gasteiger partial charge in [-0.2, -0.15) is 5.10 Å². The number of aryl methyl sites for hydroxylation is 1. The molecule has 0 bridgehead atoms. The Labute approximate surface area is 218 Å². The van der Waals surface area contributed by atoms with E-state index in [4.69, 9.17) is 5.10 Å². The van der Waals surface area contributed by atoms with Crippen molar-refractivity contribution in [2.45, 2.75) is 57.8 Å². The third kappa shape index (κ3) is 7.13. The van der Waals surface area contributed by atoms with Gasteiger partial charge in [0.2, 0.25) is 5.91 Å². The molecular formula is C28H37N5O2S. The van der Waals surface area contributed by atoms with Gasteiger partial charge in [-0.1, -0.05) is 52.3 Å². The molecule has 0 unspecified atom stereocenters. The third-order valence-corrected chi connectivity index (χ3v) is 6.58. The first-order valence-electron chi connectivity index (χ1n) is 12.3. The number of unbranched alkanes of at least 4 members (excludes halogenated alkanes) is 1. The molecule has 3 amide bonds. The molecule has 0 spiro atoms. The molecule has 0 fully saturated rings. The minimum absolute atomic E-state index is 0.0570. The van der Waals surface area contributed by atoms with Gasteiger partial charge in [-0.15, -0.1) is 11.8 Å². The lowest BCUT2D eigenvalue weighted by Crippen LogP contribution is -2.41. The highest BCUT2D eigenvalue weighted by molar-refractivity contribution is 7.98. The molecule has 0 aliphatic carbocycles. The topological polar surface area (TPSA) is 79.3 Å². The Morgan fingerprint density at radius 1 is 1.06 bits per heavy atom. The molecule has 7 nitrogen and oxygen atoms in total. The number of nitrogens with one attached hydrogen (secondary N) is 2. The lowest BCUT2D eigenvalue weighted by Gasteiger charge is -2.22. The number of benzene rings is 2. The van der Waals surface area contributed by atoms with Crippen LogP contribution in [0.1, 0.15) is 51.8 Å². The second-order valence-corrected chi connectivity index (χ2v) is 10.7. The number of nitrogens with zero attached hydrogens (tertiary/aromatic N) is 3. The summed E-state index contributed by atoms with van der Waals surface area (Å²) >= 11 is 1.64. The van der Waals surface area contributed by atoms with Crippen LogP contribution >= 0.6 is 11.8 Å². The number of carbonyl (C=O) groups excluding carboxylic acids is 2. The number of anilines is 2. The summed E-state index contributed by atoms with van der Waals surface area (Å²) in [4.78, 5) is 28.9. The molecule has 2 N–H and O–H groups in total. The normalized spacial score (nSPS) is 11.3. The SMILES string of the molecule is CCCCN(CC(=O)Nc1cc(C(C)(C)C)nn1-c1ccccc1C)C(=O)Nc1ccc(SC)cc1. The Hall–Kier alpha value is -3.26. The Kier molecular flexibility index (Phi) is 9.20. The minimum Gasteiger partial charge on any atom is -0.315 e. The van der Waals surface area contributed by atoms with Crippen LogP contribution in [0, 0.1) is 6.92 Å². The molecular weight excluding hydrogens is 470 g/mol. The van der Waals surface area contributed by atoms with Crippen molar-refractivity contribution in [3.05, 3.63) is 65.9 Å². The first-order valence-corrected chi connectivity index (χ1v) is 13.5. The van der Waals surface area contributed by atoms with Gasteiger partial charge >= 0.3 is 6.03 Å². The Morgan fingerprint density at radius 3 is 2.36 bits per heavy atom. The van der Waals surface area contributed by atoms with Crippen LogP contribution < -0.4 is 10.6 Å². The average molecular weight is 508 g/mol. The molecule has 192 valence electrons. The maximum absolute atomic E-state index is 13.2. The van der Waals surface area contributed by atoms with Crippen molar-refractivity contribution < 1.29 is 9.59 Å². The smallest absolute Gasteiger partial charge is 0.315 e. The van der Waals surface area contributed by atoms with Gasteiger partial charge in [0, 0.05) is 28.6 Å². The van der Waals surface area contributed by atoms with Gasteiger partial charge in [0.1, 0.15) is 12.4 Å². The van der Waals surface area contributed by atoms with Crippen LogP contribution in [0.3, 0.4) is 0 Å². The first-order chi connectivity index (χ1) is 17.1. The van der Waals surface area contributed by atoms with E-state index in [0.29, 0.717) is 18.1 Å². The molecule has 0 atom stereocenters. The zero-order valence-electron chi connectivity index (χ0n) is 22.1. The molecule has 0 saturated heterocycles. The number of aromatic nitrogens is 2. The zero-order valence-corrected chi connectivity index (χ0v) is 22.9. The second-order valence-electron chi connectivity index (χ2n) is 9.85. The van der Waals surface area contributed by atoms with Gasteiger partial charge in [-0.25, -0.2) is 9.48 Å². The number of thioether (sulfide) groups is 1. The van der Waals surface area contributed by atoms with E-state index in [-0.39, 0.29) is 23.9 Å². The number of rotatable bonds is 9. The van der Waals surface area contributed by atoms with Gasteiger partial charge in [0.25, 0.3) is 0 Å². The summed E-state index contributed by atoms with van der Waals surface area (Å²) in [5.74, 6) is 0.317. The number of para-hydroxylation sites is 1. The molecule has 8 heteroatoms. The fourth-order valence-corrected chi connectivity index (χ4v) is 4.06. The largest absolute Gasteiger partial charge is 0.322 e. The van der Waals surface area contributed by atoms with Crippen LogP contribution in [-0.4, -0.2) is 46.0 Å². The van der Waals surface area contributed by atoms with Crippen LogP contribution in [-0.2, 0) is 10.2 Å². The second kappa shape index (κ2) is 12.1. The maximum Gasteiger partial charge on any atom is 0.322 e. The molecule has 36 heavy (non-hydrogen) atoms. The Balaban J connectivity index is 1.80. The molecule has 1 aromatic heterocycles. The van der Waals surface area contributed by atoms with E-state index in [1.165, 1.54) is 0 Å². The predicted molar refractivity (Wildman–Crippen MR) is 149 cm³/mol. The number of urea groups is 1. The van der Waals surface area contributed by atoms with Crippen LogP contribution in [0.2, 0.25) is 0 Å². The number of amides is 3. The highest BCUT2D eigenvalue weighted by atomic mass is 32.2. The molecule has 0 saturated carbocycles. The van der Waals surface area contributed by atoms with Gasteiger partial charge in [0.15, 0.2) is 0 Å². The van der Waals surface area contributed by atoms with Crippen LogP contribution in [0.5, 0.6) is 0 Å².